The monoisotopic (exact) mass is 354 g/mol. The molecule has 2 amide bonds. The number of hydrogen-bond acceptors (Lipinski definition) is 3. The van der Waals surface area contributed by atoms with Gasteiger partial charge < -0.3 is 10.6 Å². The van der Waals surface area contributed by atoms with E-state index in [4.69, 9.17) is 5.73 Å². The number of hydrogen-bond donors (Lipinski definition) is 1. The van der Waals surface area contributed by atoms with Crippen LogP contribution in [0.5, 0.6) is 0 Å². The molecule has 6 heteroatoms. The average Bonchev–Trinajstić information content (AvgIpc) is 3.19. The summed E-state index contributed by atoms with van der Waals surface area (Å²) in [4.78, 5) is 26.2. The van der Waals surface area contributed by atoms with Gasteiger partial charge >= 0.3 is 0 Å². The highest BCUT2D eigenvalue weighted by atomic mass is 16.2. The summed E-state index contributed by atoms with van der Waals surface area (Å²) in [5, 5.41) is 4.46. The molecule has 6 nitrogen and oxygen atoms in total. The Balaban J connectivity index is 1.69. The van der Waals surface area contributed by atoms with Crippen molar-refractivity contribution in [1.82, 2.24) is 14.7 Å². The second-order valence-corrected chi connectivity index (χ2v) is 7.04. The van der Waals surface area contributed by atoms with Gasteiger partial charge in [-0.2, -0.15) is 5.10 Å². The molecule has 0 bridgehead atoms. The molecular weight excluding hydrogens is 328 g/mol. The smallest absolute Gasteiger partial charge is 0.257 e. The molecule has 0 saturated carbocycles. The third-order valence-corrected chi connectivity index (χ3v) is 5.20. The van der Waals surface area contributed by atoms with Crippen molar-refractivity contribution in [1.29, 1.82) is 0 Å². The molecule has 1 aliphatic rings. The second-order valence-electron chi connectivity index (χ2n) is 7.04. The molecule has 2 heterocycles. The van der Waals surface area contributed by atoms with E-state index in [-0.39, 0.29) is 5.91 Å². The van der Waals surface area contributed by atoms with Crippen molar-refractivity contribution in [2.75, 3.05) is 13.1 Å². The Labute approximate surface area is 154 Å². The summed E-state index contributed by atoms with van der Waals surface area (Å²) in [5.74, 6) is 0.0611. The number of nitrogens with two attached hydrogens (primary N) is 1. The van der Waals surface area contributed by atoms with Crippen molar-refractivity contribution >= 4 is 11.8 Å². The third-order valence-electron chi connectivity index (χ3n) is 5.20. The molecule has 138 valence electrons. The van der Waals surface area contributed by atoms with Crippen molar-refractivity contribution < 1.29 is 9.59 Å². The van der Waals surface area contributed by atoms with Gasteiger partial charge in [-0.25, -0.2) is 0 Å². The van der Waals surface area contributed by atoms with E-state index in [0.717, 1.165) is 55.0 Å². The second kappa shape index (κ2) is 7.32. The molecule has 1 aromatic heterocycles. The zero-order chi connectivity index (χ0) is 18.8. The Bertz CT molecular complexity index is 840. The van der Waals surface area contributed by atoms with Gasteiger partial charge in [0.2, 0.25) is 5.91 Å². The van der Waals surface area contributed by atoms with Crippen LogP contribution in [0, 0.1) is 19.8 Å². The summed E-state index contributed by atoms with van der Waals surface area (Å²) in [6, 6.07) is 7.45. The van der Waals surface area contributed by atoms with Crippen LogP contribution in [0.2, 0.25) is 0 Å². The van der Waals surface area contributed by atoms with Crippen molar-refractivity contribution in [2.24, 2.45) is 11.7 Å². The number of carbonyl (C=O) groups is 2. The largest absolute Gasteiger partial charge is 0.366 e. The third kappa shape index (κ3) is 3.49. The van der Waals surface area contributed by atoms with Gasteiger partial charge in [0.25, 0.3) is 5.91 Å². The number of rotatable bonds is 5. The van der Waals surface area contributed by atoms with E-state index in [2.05, 4.69) is 5.10 Å². The summed E-state index contributed by atoms with van der Waals surface area (Å²) < 4.78 is 1.88. The molecule has 0 radical (unpaired) electrons. The number of amides is 2. The van der Waals surface area contributed by atoms with Gasteiger partial charge in [0.15, 0.2) is 0 Å². The lowest BCUT2D eigenvalue weighted by Gasteiger charge is -2.17. The Kier molecular flexibility index (Phi) is 5.11. The molecule has 2 aromatic rings. The Hall–Kier alpha value is -2.63. The Morgan fingerprint density at radius 1 is 1.31 bits per heavy atom. The van der Waals surface area contributed by atoms with Crippen LogP contribution in [0.3, 0.4) is 0 Å². The van der Waals surface area contributed by atoms with Crippen LogP contribution in [0.4, 0.5) is 0 Å². The molecule has 1 saturated heterocycles. The fourth-order valence-electron chi connectivity index (χ4n) is 3.84. The lowest BCUT2D eigenvalue weighted by molar-refractivity contribution is 0.0785. The van der Waals surface area contributed by atoms with Gasteiger partial charge in [0, 0.05) is 30.9 Å². The van der Waals surface area contributed by atoms with Crippen LogP contribution >= 0.6 is 0 Å². The zero-order valence-corrected chi connectivity index (χ0v) is 15.7. The van der Waals surface area contributed by atoms with Gasteiger partial charge in [-0.15, -0.1) is 0 Å². The summed E-state index contributed by atoms with van der Waals surface area (Å²) in [7, 11) is 0. The van der Waals surface area contributed by atoms with Gasteiger partial charge in [0.05, 0.1) is 11.3 Å². The van der Waals surface area contributed by atoms with Crippen molar-refractivity contribution in [3.8, 4) is 0 Å². The quantitative estimate of drug-likeness (QED) is 0.895. The Morgan fingerprint density at radius 3 is 2.73 bits per heavy atom. The highest BCUT2D eigenvalue weighted by Gasteiger charge is 2.30. The lowest BCUT2D eigenvalue weighted by atomic mass is 9.97. The Morgan fingerprint density at radius 2 is 2.08 bits per heavy atom. The summed E-state index contributed by atoms with van der Waals surface area (Å²) in [6.45, 7) is 8.14. The predicted molar refractivity (Wildman–Crippen MR) is 100 cm³/mol. The summed E-state index contributed by atoms with van der Waals surface area (Å²) in [5.41, 5.74) is 9.46. The first kappa shape index (κ1) is 18.2. The first-order valence-electron chi connectivity index (χ1n) is 9.12. The molecule has 0 aliphatic carbocycles. The molecule has 1 aliphatic heterocycles. The molecule has 0 spiro atoms. The van der Waals surface area contributed by atoms with Crippen LogP contribution in [0.1, 0.15) is 51.0 Å². The number of aryl methyl sites for hydroxylation is 2. The molecule has 1 fully saturated rings. The first-order chi connectivity index (χ1) is 12.4. The van der Waals surface area contributed by atoms with Gasteiger partial charge in [-0.05, 0) is 57.2 Å². The number of primary amides is 1. The van der Waals surface area contributed by atoms with Crippen LogP contribution in [0.25, 0.3) is 0 Å². The number of carbonyl (C=O) groups excluding carboxylic acids is 2. The molecule has 26 heavy (non-hydrogen) atoms. The van der Waals surface area contributed by atoms with Gasteiger partial charge in [0.1, 0.15) is 0 Å². The molecule has 1 aromatic carbocycles. The molecule has 0 unspecified atom stereocenters. The predicted octanol–water partition coefficient (Wildman–Crippen LogP) is 2.32. The van der Waals surface area contributed by atoms with Crippen molar-refractivity contribution in [3.63, 3.8) is 0 Å². The number of aromatic nitrogens is 2. The van der Waals surface area contributed by atoms with Crippen LogP contribution in [-0.4, -0.2) is 39.6 Å². The minimum atomic E-state index is -0.408. The highest BCUT2D eigenvalue weighted by molar-refractivity contribution is 5.96. The summed E-state index contributed by atoms with van der Waals surface area (Å²) in [6.07, 6.45) is 1.81. The fourth-order valence-corrected chi connectivity index (χ4v) is 3.84. The molecule has 1 atom stereocenters. The van der Waals surface area contributed by atoms with E-state index in [1.165, 1.54) is 0 Å². The number of nitrogens with zero attached hydrogens (tertiary/aromatic N) is 3. The number of likely N-dealkylation sites (tertiary alicyclic amines) is 1. The molecule has 3 rings (SSSR count). The van der Waals surface area contributed by atoms with E-state index in [9.17, 15) is 9.59 Å². The standard InChI is InChI=1S/C20H26N4O2/c1-4-24-14(3)18(13(2)22-24)20(26)23-9-8-16(12-23)10-15-6-5-7-17(11-15)19(21)25/h5-7,11,16H,4,8-10,12H2,1-3H3,(H2,21,25)/t16-/m1/s1. The van der Waals surface area contributed by atoms with Crippen LogP contribution in [0.15, 0.2) is 24.3 Å². The first-order valence-corrected chi connectivity index (χ1v) is 9.12. The van der Waals surface area contributed by atoms with E-state index in [1.807, 2.05) is 48.6 Å². The minimum Gasteiger partial charge on any atom is -0.366 e. The van der Waals surface area contributed by atoms with E-state index < -0.39 is 5.91 Å². The zero-order valence-electron chi connectivity index (χ0n) is 15.7. The van der Waals surface area contributed by atoms with Crippen LogP contribution in [-0.2, 0) is 13.0 Å². The van der Waals surface area contributed by atoms with E-state index in [0.29, 0.717) is 11.5 Å². The minimum absolute atomic E-state index is 0.0769. The molecular formula is C20H26N4O2. The maximum absolute atomic E-state index is 13.0. The lowest BCUT2D eigenvalue weighted by Crippen LogP contribution is -2.29. The van der Waals surface area contributed by atoms with Crippen molar-refractivity contribution in [2.45, 2.75) is 40.2 Å². The summed E-state index contributed by atoms with van der Waals surface area (Å²) >= 11 is 0. The number of benzene rings is 1. The van der Waals surface area contributed by atoms with Crippen LogP contribution < -0.4 is 5.73 Å². The topological polar surface area (TPSA) is 81.2 Å². The molecule has 2 N–H and O–H groups in total. The highest BCUT2D eigenvalue weighted by Crippen LogP contribution is 2.25. The van der Waals surface area contributed by atoms with Gasteiger partial charge in [-0.3, -0.25) is 14.3 Å². The SMILES string of the molecule is CCn1nc(C)c(C(=O)N2CC[C@H](Cc3cccc(C(N)=O)c3)C2)c1C. The maximum Gasteiger partial charge on any atom is 0.257 e. The average molecular weight is 354 g/mol. The van der Waals surface area contributed by atoms with Crippen molar-refractivity contribution in [3.05, 3.63) is 52.3 Å². The van der Waals surface area contributed by atoms with E-state index >= 15 is 0 Å². The van der Waals surface area contributed by atoms with E-state index in [1.54, 1.807) is 6.07 Å². The normalized spacial score (nSPS) is 16.9. The maximum atomic E-state index is 13.0. The van der Waals surface area contributed by atoms with Gasteiger partial charge in [-0.1, -0.05) is 12.1 Å². The fraction of sp³-hybridized carbons (Fsp3) is 0.450.